The number of aromatic nitrogens is 2. The number of fused-ring (bicyclic) bond motifs is 1. The summed E-state index contributed by atoms with van der Waals surface area (Å²) in [6, 6.07) is 15.1. The van der Waals surface area contributed by atoms with Gasteiger partial charge in [0.25, 0.3) is 0 Å². The van der Waals surface area contributed by atoms with Crippen molar-refractivity contribution in [3.05, 3.63) is 105 Å². The highest BCUT2D eigenvalue weighted by Crippen LogP contribution is 2.37. The van der Waals surface area contributed by atoms with Gasteiger partial charge in [0.1, 0.15) is 28.8 Å². The molecular weight excluding hydrogens is 558 g/mol. The maximum atomic E-state index is 15.2. The number of nitrogens with zero attached hydrogens (tertiary/aromatic N) is 3. The molecule has 1 saturated heterocycles. The van der Waals surface area contributed by atoms with Crippen LogP contribution in [0.5, 0.6) is 11.5 Å². The molecule has 1 fully saturated rings. The molecule has 0 amide bonds. The number of benzene rings is 3. The second kappa shape index (κ2) is 11.3. The maximum Gasteiger partial charge on any atom is 0.194 e. The first kappa shape index (κ1) is 28.1. The quantitative estimate of drug-likeness (QED) is 0.225. The van der Waals surface area contributed by atoms with Crippen molar-refractivity contribution >= 4 is 29.3 Å². The normalized spacial score (nSPS) is 15.6. The average molecular weight is 589 g/mol. The lowest BCUT2D eigenvalue weighted by atomic mass is 9.87. The monoisotopic (exact) mass is 588 g/mol. The first-order valence-electron chi connectivity index (χ1n) is 14.1. The van der Waals surface area contributed by atoms with Crippen molar-refractivity contribution in [2.24, 2.45) is 0 Å². The van der Waals surface area contributed by atoms with Crippen molar-refractivity contribution in [2.75, 3.05) is 18.8 Å². The van der Waals surface area contributed by atoms with E-state index in [4.69, 9.17) is 22.1 Å². The summed E-state index contributed by atoms with van der Waals surface area (Å²) in [7, 11) is 0. The number of ether oxygens (including phenoxy) is 1. The number of Topliss-reactive ketones (excluding diaryl/α,β-unsaturated/α-hetero) is 1. The minimum Gasteiger partial charge on any atom is -0.456 e. The first-order chi connectivity index (χ1) is 20.2. The Bertz CT molecular complexity index is 1710. The standard InChI is InChI=1S/C33H31ClF2N4O2/c1-19(2)39-11-9-20(10-12-39)25-15-21-13-23(14-22(21)16-28(25)35)32(41)26-18-38-40(33(26)37)30-8-7-24(17-29(30)36)42-31-6-4-3-5-27(31)34/h3-8,13,15-20H,9-12,14,37H2,1-2H3. The molecule has 1 aliphatic heterocycles. The Morgan fingerprint density at radius 3 is 2.55 bits per heavy atom. The van der Waals surface area contributed by atoms with E-state index in [2.05, 4.69) is 23.8 Å². The molecule has 0 saturated carbocycles. The van der Waals surface area contributed by atoms with Gasteiger partial charge in [0, 0.05) is 24.1 Å². The van der Waals surface area contributed by atoms with Crippen molar-refractivity contribution in [3.63, 3.8) is 0 Å². The lowest BCUT2D eigenvalue weighted by Crippen LogP contribution is -2.38. The summed E-state index contributed by atoms with van der Waals surface area (Å²) in [5.74, 6) is -0.361. The maximum absolute atomic E-state index is 15.2. The molecular formula is C33H31ClF2N4O2. The second-order valence-electron chi connectivity index (χ2n) is 11.2. The van der Waals surface area contributed by atoms with Crippen molar-refractivity contribution in [1.82, 2.24) is 14.7 Å². The fourth-order valence-corrected chi connectivity index (χ4v) is 6.02. The van der Waals surface area contributed by atoms with Gasteiger partial charge in [0.15, 0.2) is 11.6 Å². The van der Waals surface area contributed by atoms with Gasteiger partial charge in [-0.25, -0.2) is 13.5 Å². The number of halogens is 3. The molecule has 42 heavy (non-hydrogen) atoms. The molecule has 1 aliphatic carbocycles. The van der Waals surface area contributed by atoms with Crippen LogP contribution < -0.4 is 10.5 Å². The summed E-state index contributed by atoms with van der Waals surface area (Å²) in [6.07, 6.45) is 5.25. The van der Waals surface area contributed by atoms with Crippen LogP contribution in [-0.4, -0.2) is 39.6 Å². The molecule has 9 heteroatoms. The van der Waals surface area contributed by atoms with Crippen molar-refractivity contribution < 1.29 is 18.3 Å². The zero-order valence-electron chi connectivity index (χ0n) is 23.4. The van der Waals surface area contributed by atoms with Gasteiger partial charge < -0.3 is 15.4 Å². The van der Waals surface area contributed by atoms with Crippen LogP contribution >= 0.6 is 11.6 Å². The number of likely N-dealkylation sites (tertiary alicyclic amines) is 1. The molecule has 2 aliphatic rings. The number of carbonyl (C=O) groups excluding carboxylic acids is 1. The van der Waals surface area contributed by atoms with Crippen molar-refractivity contribution in [1.29, 1.82) is 0 Å². The number of rotatable bonds is 7. The largest absolute Gasteiger partial charge is 0.456 e. The predicted octanol–water partition coefficient (Wildman–Crippen LogP) is 7.59. The van der Waals surface area contributed by atoms with Crippen LogP contribution in [0.15, 0.2) is 66.4 Å². The van der Waals surface area contributed by atoms with E-state index < -0.39 is 5.82 Å². The van der Waals surface area contributed by atoms with E-state index in [1.165, 1.54) is 23.0 Å². The lowest BCUT2D eigenvalue weighted by Gasteiger charge is -2.35. The summed E-state index contributed by atoms with van der Waals surface area (Å²) >= 11 is 6.14. The highest BCUT2D eigenvalue weighted by atomic mass is 35.5. The zero-order chi connectivity index (χ0) is 29.5. The van der Waals surface area contributed by atoms with E-state index in [9.17, 15) is 4.79 Å². The molecule has 2 heterocycles. The fraction of sp³-hybridized carbons (Fsp3) is 0.273. The number of carbonyl (C=O) groups is 1. The second-order valence-corrected chi connectivity index (χ2v) is 11.6. The third-order valence-electron chi connectivity index (χ3n) is 8.22. The number of hydrogen-bond acceptors (Lipinski definition) is 5. The van der Waals surface area contributed by atoms with Crippen LogP contribution in [0.2, 0.25) is 5.02 Å². The minimum atomic E-state index is -0.636. The average Bonchev–Trinajstić information content (AvgIpc) is 3.56. The van der Waals surface area contributed by atoms with Gasteiger partial charge in [-0.1, -0.05) is 23.7 Å². The molecule has 0 radical (unpaired) electrons. The number of nitrogens with two attached hydrogens (primary N) is 1. The van der Waals surface area contributed by atoms with E-state index in [0.717, 1.165) is 37.1 Å². The Labute approximate surface area is 248 Å². The SMILES string of the molecule is CC(C)N1CCC(c2cc3c(cc2F)CC(C(=O)c2cnn(-c4ccc(Oc5ccccc5Cl)cc4F)c2N)=C3)CC1. The summed E-state index contributed by atoms with van der Waals surface area (Å²) in [4.78, 5) is 15.9. The van der Waals surface area contributed by atoms with Crippen LogP contribution in [0, 0.1) is 11.6 Å². The van der Waals surface area contributed by atoms with Crippen LogP contribution in [-0.2, 0) is 6.42 Å². The van der Waals surface area contributed by atoms with E-state index >= 15 is 8.78 Å². The molecule has 1 aromatic heterocycles. The molecule has 0 unspecified atom stereocenters. The molecule has 4 aromatic rings. The number of piperidine rings is 1. The molecule has 2 N–H and O–H groups in total. The smallest absolute Gasteiger partial charge is 0.194 e. The van der Waals surface area contributed by atoms with Crippen LogP contribution in [0.3, 0.4) is 0 Å². The molecule has 6 nitrogen and oxygen atoms in total. The topological polar surface area (TPSA) is 73.4 Å². The predicted molar refractivity (Wildman–Crippen MR) is 161 cm³/mol. The van der Waals surface area contributed by atoms with Gasteiger partial charge >= 0.3 is 0 Å². The van der Waals surface area contributed by atoms with E-state index in [1.54, 1.807) is 36.4 Å². The third-order valence-corrected chi connectivity index (χ3v) is 8.54. The zero-order valence-corrected chi connectivity index (χ0v) is 24.2. The molecule has 0 bridgehead atoms. The Morgan fingerprint density at radius 1 is 1.07 bits per heavy atom. The number of allylic oxidation sites excluding steroid dienone is 1. The van der Waals surface area contributed by atoms with Gasteiger partial charge in [-0.3, -0.25) is 4.79 Å². The number of hydrogen-bond donors (Lipinski definition) is 1. The third kappa shape index (κ3) is 5.32. The molecule has 6 rings (SSSR count). The summed E-state index contributed by atoms with van der Waals surface area (Å²) in [5, 5.41) is 4.60. The summed E-state index contributed by atoms with van der Waals surface area (Å²) in [6.45, 7) is 6.25. The van der Waals surface area contributed by atoms with Crippen LogP contribution in [0.4, 0.5) is 14.6 Å². The summed E-state index contributed by atoms with van der Waals surface area (Å²) in [5.41, 5.74) is 9.37. The van der Waals surface area contributed by atoms with Crippen molar-refractivity contribution in [2.45, 2.75) is 45.1 Å². The van der Waals surface area contributed by atoms with E-state index in [1.807, 2.05) is 12.1 Å². The van der Waals surface area contributed by atoms with Crippen LogP contribution in [0.1, 0.15) is 59.7 Å². The number of para-hydroxylation sites is 1. The number of anilines is 1. The van der Waals surface area contributed by atoms with E-state index in [0.29, 0.717) is 34.4 Å². The highest BCUT2D eigenvalue weighted by molar-refractivity contribution is 6.32. The highest BCUT2D eigenvalue weighted by Gasteiger charge is 2.28. The Morgan fingerprint density at radius 2 is 1.83 bits per heavy atom. The molecule has 0 spiro atoms. The molecule has 3 aromatic carbocycles. The summed E-state index contributed by atoms with van der Waals surface area (Å²) < 4.78 is 37.2. The van der Waals surface area contributed by atoms with Gasteiger partial charge in [-0.05, 0) is 105 Å². The van der Waals surface area contributed by atoms with Gasteiger partial charge in [-0.2, -0.15) is 5.10 Å². The lowest BCUT2D eigenvalue weighted by molar-refractivity contribution is 0.103. The minimum absolute atomic E-state index is 0.0133. The van der Waals surface area contributed by atoms with Crippen molar-refractivity contribution in [3.8, 4) is 17.2 Å². The number of nitrogen functional groups attached to an aromatic ring is 1. The van der Waals surface area contributed by atoms with Gasteiger partial charge in [0.05, 0.1) is 16.8 Å². The Balaban J connectivity index is 1.20. The van der Waals surface area contributed by atoms with Crippen LogP contribution in [0.25, 0.3) is 11.8 Å². The molecule has 216 valence electrons. The first-order valence-corrected chi connectivity index (χ1v) is 14.4. The number of ketones is 1. The van der Waals surface area contributed by atoms with Gasteiger partial charge in [0.2, 0.25) is 0 Å². The molecule has 0 atom stereocenters. The fourth-order valence-electron chi connectivity index (χ4n) is 5.84. The van der Waals surface area contributed by atoms with E-state index in [-0.39, 0.29) is 40.3 Å². The van der Waals surface area contributed by atoms with Gasteiger partial charge in [-0.15, -0.1) is 0 Å². The Hall–Kier alpha value is -4.01. The Kier molecular flexibility index (Phi) is 7.60.